The van der Waals surface area contributed by atoms with Crippen LogP contribution in [-0.4, -0.2) is 31.2 Å². The summed E-state index contributed by atoms with van der Waals surface area (Å²) >= 11 is 0. The first-order valence-corrected chi connectivity index (χ1v) is 8.73. The fraction of sp³-hybridized carbons (Fsp3) is 0.381. The molecule has 0 N–H and O–H groups in total. The van der Waals surface area contributed by atoms with Crippen molar-refractivity contribution < 1.29 is 14.3 Å². The molecule has 132 valence electrons. The van der Waals surface area contributed by atoms with Gasteiger partial charge in [0.1, 0.15) is 0 Å². The summed E-state index contributed by atoms with van der Waals surface area (Å²) < 4.78 is 10.9. The van der Waals surface area contributed by atoms with E-state index in [-0.39, 0.29) is 24.5 Å². The summed E-state index contributed by atoms with van der Waals surface area (Å²) in [5.41, 5.74) is 2.42. The van der Waals surface area contributed by atoms with Crippen LogP contribution in [0.25, 0.3) is 0 Å². The standard InChI is InChI=1S/C21H25NO3/c1-15(2)21(23)22(3)13-18(11-16-7-5-4-6-8-16)17-9-10-19-20(12-17)25-14-24-19/h4-10,12,15,18H,11,13-14H2,1-3H3/t18-/m0/s1. The van der Waals surface area contributed by atoms with Crippen molar-refractivity contribution in [1.29, 1.82) is 0 Å². The zero-order valence-electron chi connectivity index (χ0n) is 15.1. The first kappa shape index (κ1) is 17.3. The lowest BCUT2D eigenvalue weighted by atomic mass is 9.91. The molecule has 0 aliphatic carbocycles. The third-order valence-electron chi connectivity index (χ3n) is 4.56. The van der Waals surface area contributed by atoms with Gasteiger partial charge in [-0.05, 0) is 29.7 Å². The average Bonchev–Trinajstić information content (AvgIpc) is 3.08. The lowest BCUT2D eigenvalue weighted by Gasteiger charge is -2.26. The van der Waals surface area contributed by atoms with E-state index in [1.54, 1.807) is 0 Å². The van der Waals surface area contributed by atoms with Gasteiger partial charge >= 0.3 is 0 Å². The van der Waals surface area contributed by atoms with Crippen LogP contribution in [0.1, 0.15) is 30.9 Å². The summed E-state index contributed by atoms with van der Waals surface area (Å²) in [4.78, 5) is 14.2. The quantitative estimate of drug-likeness (QED) is 0.802. The van der Waals surface area contributed by atoms with Crippen LogP contribution in [0.4, 0.5) is 0 Å². The fourth-order valence-corrected chi connectivity index (χ4v) is 3.21. The van der Waals surface area contributed by atoms with Gasteiger partial charge < -0.3 is 14.4 Å². The number of fused-ring (bicyclic) bond motifs is 1. The van der Waals surface area contributed by atoms with E-state index in [1.165, 1.54) is 5.56 Å². The molecule has 0 spiro atoms. The van der Waals surface area contributed by atoms with Gasteiger partial charge in [0.25, 0.3) is 0 Å². The summed E-state index contributed by atoms with van der Waals surface area (Å²) in [7, 11) is 1.88. The van der Waals surface area contributed by atoms with Gasteiger partial charge in [-0.1, -0.05) is 50.2 Å². The van der Waals surface area contributed by atoms with Crippen LogP contribution in [-0.2, 0) is 11.2 Å². The second-order valence-electron chi connectivity index (χ2n) is 6.87. The number of hydrogen-bond donors (Lipinski definition) is 0. The molecule has 0 unspecified atom stereocenters. The monoisotopic (exact) mass is 339 g/mol. The van der Waals surface area contributed by atoms with Crippen molar-refractivity contribution >= 4 is 5.91 Å². The molecule has 0 radical (unpaired) electrons. The molecule has 2 aromatic carbocycles. The highest BCUT2D eigenvalue weighted by atomic mass is 16.7. The third kappa shape index (κ3) is 4.13. The Balaban J connectivity index is 1.84. The molecule has 0 aromatic heterocycles. The molecular weight excluding hydrogens is 314 g/mol. The molecule has 1 aliphatic rings. The molecule has 0 bridgehead atoms. The van der Waals surface area contributed by atoms with Crippen LogP contribution in [0, 0.1) is 5.92 Å². The van der Waals surface area contributed by atoms with E-state index in [0.717, 1.165) is 23.5 Å². The Morgan fingerprint density at radius 1 is 1.08 bits per heavy atom. The minimum Gasteiger partial charge on any atom is -0.454 e. The van der Waals surface area contributed by atoms with Crippen LogP contribution in [0.5, 0.6) is 11.5 Å². The first-order valence-electron chi connectivity index (χ1n) is 8.73. The van der Waals surface area contributed by atoms with E-state index in [4.69, 9.17) is 9.47 Å². The van der Waals surface area contributed by atoms with Crippen molar-refractivity contribution in [2.45, 2.75) is 26.2 Å². The SMILES string of the molecule is CC(C)C(=O)N(C)C[C@H](Cc1ccccc1)c1ccc2c(c1)OCO2. The molecule has 4 heteroatoms. The highest BCUT2D eigenvalue weighted by molar-refractivity contribution is 5.77. The Bertz CT molecular complexity index is 727. The summed E-state index contributed by atoms with van der Waals surface area (Å²) in [6, 6.07) is 16.5. The number of carbonyl (C=O) groups excluding carboxylic acids is 1. The van der Waals surface area contributed by atoms with Gasteiger partial charge in [-0.25, -0.2) is 0 Å². The zero-order valence-corrected chi connectivity index (χ0v) is 15.1. The van der Waals surface area contributed by atoms with Crippen molar-refractivity contribution in [3.63, 3.8) is 0 Å². The van der Waals surface area contributed by atoms with E-state index in [1.807, 2.05) is 44.0 Å². The predicted molar refractivity (Wildman–Crippen MR) is 97.9 cm³/mol. The summed E-state index contributed by atoms with van der Waals surface area (Å²) in [5, 5.41) is 0. The van der Waals surface area contributed by atoms with Gasteiger partial charge in [0, 0.05) is 25.4 Å². The number of likely N-dealkylation sites (N-methyl/N-ethyl adjacent to an activating group) is 1. The largest absolute Gasteiger partial charge is 0.454 e. The maximum atomic E-state index is 12.3. The molecule has 1 atom stereocenters. The molecular formula is C21H25NO3. The smallest absolute Gasteiger partial charge is 0.231 e. The molecule has 3 rings (SSSR count). The lowest BCUT2D eigenvalue weighted by molar-refractivity contribution is -0.133. The highest BCUT2D eigenvalue weighted by Gasteiger charge is 2.22. The molecule has 0 saturated carbocycles. The first-order chi connectivity index (χ1) is 12.0. The van der Waals surface area contributed by atoms with Gasteiger partial charge in [-0.2, -0.15) is 0 Å². The molecule has 1 aliphatic heterocycles. The number of hydrogen-bond acceptors (Lipinski definition) is 3. The van der Waals surface area contributed by atoms with Gasteiger partial charge in [-0.3, -0.25) is 4.79 Å². The average molecular weight is 339 g/mol. The van der Waals surface area contributed by atoms with E-state index in [0.29, 0.717) is 6.54 Å². The van der Waals surface area contributed by atoms with E-state index >= 15 is 0 Å². The predicted octanol–water partition coefficient (Wildman–Crippen LogP) is 3.86. The molecule has 2 aromatic rings. The normalized spacial score (nSPS) is 13.8. The Morgan fingerprint density at radius 2 is 1.80 bits per heavy atom. The molecule has 0 saturated heterocycles. The molecule has 4 nitrogen and oxygen atoms in total. The number of ether oxygens (including phenoxy) is 2. The third-order valence-corrected chi connectivity index (χ3v) is 4.56. The fourth-order valence-electron chi connectivity index (χ4n) is 3.21. The summed E-state index contributed by atoms with van der Waals surface area (Å²) in [6.07, 6.45) is 0.871. The number of rotatable bonds is 6. The van der Waals surface area contributed by atoms with Crippen molar-refractivity contribution in [2.75, 3.05) is 20.4 Å². The summed E-state index contributed by atoms with van der Waals surface area (Å²) in [5.74, 6) is 1.93. The minimum absolute atomic E-state index is 0.000806. The highest BCUT2D eigenvalue weighted by Crippen LogP contribution is 2.35. The topological polar surface area (TPSA) is 38.8 Å². The van der Waals surface area contributed by atoms with Crippen LogP contribution >= 0.6 is 0 Å². The van der Waals surface area contributed by atoms with Crippen LogP contribution in [0.3, 0.4) is 0 Å². The second kappa shape index (κ2) is 7.60. The minimum atomic E-state index is -0.000806. The Kier molecular flexibility index (Phi) is 5.27. The molecule has 1 amide bonds. The van der Waals surface area contributed by atoms with Crippen molar-refractivity contribution in [1.82, 2.24) is 4.90 Å². The number of benzene rings is 2. The van der Waals surface area contributed by atoms with Gasteiger partial charge in [0.15, 0.2) is 11.5 Å². The van der Waals surface area contributed by atoms with Gasteiger partial charge in [-0.15, -0.1) is 0 Å². The van der Waals surface area contributed by atoms with Crippen molar-refractivity contribution in [3.05, 3.63) is 59.7 Å². The van der Waals surface area contributed by atoms with Crippen molar-refractivity contribution in [2.24, 2.45) is 5.92 Å². The number of amides is 1. The van der Waals surface area contributed by atoms with E-state index in [2.05, 4.69) is 30.3 Å². The van der Waals surface area contributed by atoms with E-state index < -0.39 is 0 Å². The van der Waals surface area contributed by atoms with Gasteiger partial charge in [0.2, 0.25) is 12.7 Å². The maximum Gasteiger partial charge on any atom is 0.231 e. The van der Waals surface area contributed by atoms with Crippen molar-refractivity contribution in [3.8, 4) is 11.5 Å². The number of nitrogens with zero attached hydrogens (tertiary/aromatic N) is 1. The molecule has 1 heterocycles. The Hall–Kier alpha value is -2.49. The van der Waals surface area contributed by atoms with Crippen LogP contribution in [0.15, 0.2) is 48.5 Å². The molecule has 25 heavy (non-hydrogen) atoms. The van der Waals surface area contributed by atoms with E-state index in [9.17, 15) is 4.79 Å². The van der Waals surface area contributed by atoms with Gasteiger partial charge in [0.05, 0.1) is 0 Å². The Labute approximate surface area is 149 Å². The lowest BCUT2D eigenvalue weighted by Crippen LogP contribution is -2.34. The Morgan fingerprint density at radius 3 is 2.52 bits per heavy atom. The van der Waals surface area contributed by atoms with Crippen LogP contribution in [0.2, 0.25) is 0 Å². The summed E-state index contributed by atoms with van der Waals surface area (Å²) in [6.45, 7) is 4.82. The zero-order chi connectivity index (χ0) is 17.8. The number of carbonyl (C=O) groups is 1. The molecule has 0 fully saturated rings. The maximum absolute atomic E-state index is 12.3. The second-order valence-corrected chi connectivity index (χ2v) is 6.87. The van der Waals surface area contributed by atoms with Crippen LogP contribution < -0.4 is 9.47 Å².